The number of unbranched alkanes of at least 4 members (excludes halogenated alkanes) is 2. The monoisotopic (exact) mass is 483 g/mol. The second-order valence-corrected chi connectivity index (χ2v) is 8.99. The zero-order valence-electron chi connectivity index (χ0n) is 19.8. The maximum absolute atomic E-state index is 13.4. The lowest BCUT2D eigenvalue weighted by atomic mass is 10.0. The van der Waals surface area contributed by atoms with Gasteiger partial charge in [0.15, 0.2) is 0 Å². The molecule has 1 rings (SSSR count). The zero-order chi connectivity index (χ0) is 25.0. The molecule has 0 aliphatic carbocycles. The summed E-state index contributed by atoms with van der Waals surface area (Å²) in [4.78, 5) is 40.0. The first-order valence-electron chi connectivity index (χ1n) is 11.1. The second kappa shape index (κ2) is 13.9. The molecule has 0 radical (unpaired) electrons. The summed E-state index contributed by atoms with van der Waals surface area (Å²) in [6.45, 7) is 7.05. The van der Waals surface area contributed by atoms with Crippen molar-refractivity contribution in [3.05, 3.63) is 29.8 Å². The fraction of sp³-hybridized carbons (Fsp3) is 0.609. The molecule has 186 valence electrons. The number of alkyl carbamates (subject to hydrolysis) is 1. The molecule has 2 unspecified atom stereocenters. The molecule has 10 heteroatoms. The van der Waals surface area contributed by atoms with Crippen molar-refractivity contribution in [2.45, 2.75) is 64.6 Å². The Labute approximate surface area is 201 Å². The van der Waals surface area contributed by atoms with E-state index >= 15 is 0 Å². The third-order valence-electron chi connectivity index (χ3n) is 4.64. The van der Waals surface area contributed by atoms with E-state index in [0.717, 1.165) is 19.3 Å². The van der Waals surface area contributed by atoms with E-state index in [4.69, 9.17) is 4.74 Å². The summed E-state index contributed by atoms with van der Waals surface area (Å²) in [6.07, 6.45) is 1.94. The van der Waals surface area contributed by atoms with Crippen LogP contribution in [0.15, 0.2) is 24.3 Å². The molecular weight excluding hydrogens is 446 g/mol. The number of carbonyl (C=O) groups is 3. The summed E-state index contributed by atoms with van der Waals surface area (Å²) in [7, 11) is 0. The van der Waals surface area contributed by atoms with Crippen LogP contribution in [0.5, 0.6) is 5.75 Å². The topological polar surface area (TPSA) is 128 Å². The Bertz CT molecular complexity index is 766. The zero-order valence-corrected chi connectivity index (χ0v) is 20.7. The number of ether oxygens (including phenoxy) is 1. The fourth-order valence-electron chi connectivity index (χ4n) is 3.12. The Morgan fingerprint density at radius 3 is 2.30 bits per heavy atom. The van der Waals surface area contributed by atoms with Crippen molar-refractivity contribution in [1.82, 2.24) is 15.5 Å². The number of hydrogen-bond acceptors (Lipinski definition) is 7. The fourth-order valence-corrected chi connectivity index (χ4v) is 3.37. The highest BCUT2D eigenvalue weighted by molar-refractivity contribution is 7.80. The molecule has 0 saturated carbocycles. The molecule has 0 saturated heterocycles. The summed E-state index contributed by atoms with van der Waals surface area (Å²) < 4.78 is 5.23. The Hall–Kier alpha value is -2.46. The van der Waals surface area contributed by atoms with E-state index < -0.39 is 42.2 Å². The maximum atomic E-state index is 13.4. The molecule has 4 N–H and O–H groups in total. The van der Waals surface area contributed by atoms with E-state index in [9.17, 15) is 24.6 Å². The van der Waals surface area contributed by atoms with Gasteiger partial charge in [-0.25, -0.2) is 4.79 Å². The first-order chi connectivity index (χ1) is 15.5. The molecular formula is C23H37N3O6S. The van der Waals surface area contributed by atoms with Crippen LogP contribution in [0.25, 0.3) is 0 Å². The Balaban J connectivity index is 3.21. The number of amides is 3. The smallest absolute Gasteiger partial charge is 0.408 e. The Kier molecular flexibility index (Phi) is 12.1. The molecule has 0 spiro atoms. The van der Waals surface area contributed by atoms with Crippen LogP contribution < -0.4 is 10.6 Å². The summed E-state index contributed by atoms with van der Waals surface area (Å²) in [5, 5.41) is 24.6. The van der Waals surface area contributed by atoms with Crippen molar-refractivity contribution in [3.8, 4) is 5.75 Å². The van der Waals surface area contributed by atoms with Gasteiger partial charge in [0.2, 0.25) is 11.8 Å². The lowest BCUT2D eigenvalue weighted by Crippen LogP contribution is -2.54. The normalized spacial score (nSPS) is 13.0. The van der Waals surface area contributed by atoms with Gasteiger partial charge in [-0.2, -0.15) is 12.6 Å². The van der Waals surface area contributed by atoms with Crippen molar-refractivity contribution in [2.24, 2.45) is 0 Å². The molecule has 0 bridgehead atoms. The van der Waals surface area contributed by atoms with Crippen molar-refractivity contribution in [2.75, 3.05) is 25.4 Å². The second-order valence-electron chi connectivity index (χ2n) is 8.63. The summed E-state index contributed by atoms with van der Waals surface area (Å²) in [5.41, 5.74) is -0.302. The van der Waals surface area contributed by atoms with Gasteiger partial charge in [-0.05, 0) is 44.9 Å². The first kappa shape index (κ1) is 28.6. The van der Waals surface area contributed by atoms with Crippen LogP contribution in [0.4, 0.5) is 4.79 Å². The molecule has 3 amide bonds. The predicted molar refractivity (Wildman–Crippen MR) is 129 cm³/mol. The van der Waals surface area contributed by atoms with E-state index in [0.29, 0.717) is 12.1 Å². The minimum absolute atomic E-state index is 0.0146. The quantitative estimate of drug-likeness (QED) is 0.229. The van der Waals surface area contributed by atoms with Gasteiger partial charge in [0, 0.05) is 18.8 Å². The maximum Gasteiger partial charge on any atom is 0.408 e. The highest BCUT2D eigenvalue weighted by Gasteiger charge is 2.35. The van der Waals surface area contributed by atoms with E-state index in [2.05, 4.69) is 30.2 Å². The molecule has 9 nitrogen and oxygen atoms in total. The van der Waals surface area contributed by atoms with Gasteiger partial charge in [0.1, 0.15) is 23.4 Å². The van der Waals surface area contributed by atoms with Gasteiger partial charge in [0.05, 0.1) is 6.61 Å². The number of rotatable bonds is 12. The van der Waals surface area contributed by atoms with Crippen LogP contribution in [-0.2, 0) is 14.3 Å². The molecule has 2 atom stereocenters. The third-order valence-corrected chi connectivity index (χ3v) is 5.01. The number of phenolic OH excluding ortho intramolecular Hbond substituents is 1. The van der Waals surface area contributed by atoms with E-state index in [-0.39, 0.29) is 18.0 Å². The van der Waals surface area contributed by atoms with Crippen molar-refractivity contribution < 1.29 is 29.3 Å². The first-order valence-corrected chi connectivity index (χ1v) is 11.8. The van der Waals surface area contributed by atoms with Gasteiger partial charge in [-0.1, -0.05) is 31.9 Å². The number of aromatic hydroxyl groups is 1. The highest BCUT2D eigenvalue weighted by atomic mass is 32.1. The minimum Gasteiger partial charge on any atom is -0.508 e. The summed E-state index contributed by atoms with van der Waals surface area (Å²) >= 11 is 4.19. The molecule has 0 fully saturated rings. The highest BCUT2D eigenvalue weighted by Crippen LogP contribution is 2.24. The average Bonchev–Trinajstić information content (AvgIpc) is 2.74. The number of carbonyl (C=O) groups excluding carboxylic acids is 3. The molecule has 0 aliphatic heterocycles. The van der Waals surface area contributed by atoms with E-state index in [1.807, 2.05) is 0 Å². The molecule has 1 aromatic rings. The average molecular weight is 484 g/mol. The number of benzene rings is 1. The van der Waals surface area contributed by atoms with Crippen molar-refractivity contribution >= 4 is 30.5 Å². The number of thiol groups is 1. The van der Waals surface area contributed by atoms with E-state index in [1.54, 1.807) is 32.9 Å². The molecule has 0 aromatic heterocycles. The van der Waals surface area contributed by atoms with Gasteiger partial charge in [0.25, 0.3) is 0 Å². The van der Waals surface area contributed by atoms with Gasteiger partial charge in [-0.15, -0.1) is 0 Å². The van der Waals surface area contributed by atoms with Crippen LogP contribution in [0.1, 0.15) is 58.6 Å². The summed E-state index contributed by atoms with van der Waals surface area (Å²) in [6, 6.07) is 3.77. The minimum atomic E-state index is -1.08. The number of phenols is 1. The van der Waals surface area contributed by atoms with Crippen molar-refractivity contribution in [1.29, 1.82) is 0 Å². The third kappa shape index (κ3) is 9.91. The standard InChI is InChI=1S/C23H37N3O6S/c1-5-6-7-12-24-20(29)19(16-8-10-17(28)11-9-16)26(13-14-27)21(30)18(15-33)25-22(31)32-23(2,3)4/h8-11,18-19,27-28,33H,5-7,12-15H2,1-4H3,(H,24,29)(H,25,31). The van der Waals surface area contributed by atoms with Crippen LogP contribution in [0.2, 0.25) is 0 Å². The predicted octanol–water partition coefficient (Wildman–Crippen LogP) is 2.38. The van der Waals surface area contributed by atoms with Crippen LogP contribution in [0.3, 0.4) is 0 Å². The lowest BCUT2D eigenvalue weighted by Gasteiger charge is -2.33. The Morgan fingerprint density at radius 1 is 1.15 bits per heavy atom. The number of nitrogens with one attached hydrogen (secondary N) is 2. The van der Waals surface area contributed by atoms with Gasteiger partial charge >= 0.3 is 6.09 Å². The van der Waals surface area contributed by atoms with Gasteiger partial charge in [-0.3, -0.25) is 9.59 Å². The molecule has 0 heterocycles. The van der Waals surface area contributed by atoms with E-state index in [1.165, 1.54) is 17.0 Å². The van der Waals surface area contributed by atoms with Crippen LogP contribution in [-0.4, -0.2) is 70.1 Å². The van der Waals surface area contributed by atoms with Crippen LogP contribution >= 0.6 is 12.6 Å². The van der Waals surface area contributed by atoms with Crippen LogP contribution in [0, 0.1) is 0 Å². The molecule has 33 heavy (non-hydrogen) atoms. The number of hydrogen-bond donors (Lipinski definition) is 5. The van der Waals surface area contributed by atoms with Crippen molar-refractivity contribution in [3.63, 3.8) is 0 Å². The largest absolute Gasteiger partial charge is 0.508 e. The number of aliphatic hydroxyl groups is 1. The SMILES string of the molecule is CCCCCNC(=O)C(c1ccc(O)cc1)N(CCO)C(=O)C(CS)NC(=O)OC(C)(C)C. The molecule has 0 aliphatic rings. The molecule has 1 aromatic carbocycles. The summed E-state index contributed by atoms with van der Waals surface area (Å²) in [5.74, 6) is -1.04. The number of nitrogens with zero attached hydrogens (tertiary/aromatic N) is 1. The van der Waals surface area contributed by atoms with Gasteiger partial charge < -0.3 is 30.5 Å². The number of aliphatic hydroxyl groups excluding tert-OH is 1. The lowest BCUT2D eigenvalue weighted by molar-refractivity contribution is -0.142. The Morgan fingerprint density at radius 2 is 1.79 bits per heavy atom.